The Bertz CT molecular complexity index is 583. The summed E-state index contributed by atoms with van der Waals surface area (Å²) in [6.07, 6.45) is 38.5. The van der Waals surface area contributed by atoms with Crippen LogP contribution in [0.15, 0.2) is 24.8 Å². The molecule has 0 heterocycles. The molecule has 0 aromatic heterocycles. The number of aliphatic carboxylic acids is 1. The summed E-state index contributed by atoms with van der Waals surface area (Å²) in [5.41, 5.74) is 0. The van der Waals surface area contributed by atoms with E-state index in [1.54, 1.807) is 0 Å². The van der Waals surface area contributed by atoms with E-state index in [1.165, 1.54) is 141 Å². The number of hydrogen-bond donors (Lipinski definition) is 1. The van der Waals surface area contributed by atoms with Crippen LogP contribution < -0.4 is 0 Å². The van der Waals surface area contributed by atoms with Gasteiger partial charge in [0.15, 0.2) is 0 Å². The number of carboxylic acid groups (broad SMARTS) is 1. The summed E-state index contributed by atoms with van der Waals surface area (Å²) >= 11 is 0. The van der Waals surface area contributed by atoms with E-state index in [2.05, 4.69) is 25.7 Å². The predicted octanol–water partition coefficient (Wildman–Crippen LogP) is 11.1. The lowest BCUT2D eigenvalue weighted by Crippen LogP contribution is -2.19. The van der Waals surface area contributed by atoms with Gasteiger partial charge in [0.05, 0.1) is 12.3 Å². The fourth-order valence-electron chi connectivity index (χ4n) is 5.13. The highest BCUT2D eigenvalue weighted by Gasteiger charge is 2.21. The first-order valence-corrected chi connectivity index (χ1v) is 16.8. The summed E-state index contributed by atoms with van der Waals surface area (Å²) in [6, 6.07) is 0. The van der Waals surface area contributed by atoms with Crippen molar-refractivity contribution in [2.24, 2.45) is 5.92 Å². The number of carbonyl (C=O) groups excluding carboxylic acids is 1. The second-order valence-corrected chi connectivity index (χ2v) is 11.5. The van der Waals surface area contributed by atoms with Crippen molar-refractivity contribution in [1.82, 2.24) is 0 Å². The van der Waals surface area contributed by atoms with Crippen LogP contribution in [0.4, 0.5) is 0 Å². The minimum atomic E-state index is -0.902. The first kappa shape index (κ1) is 37.4. The number of ether oxygens (including phenoxy) is 1. The maximum Gasteiger partial charge on any atom is 0.307 e. The molecule has 0 radical (unpaired) electrons. The highest BCUT2D eigenvalue weighted by Crippen LogP contribution is 2.18. The summed E-state index contributed by atoms with van der Waals surface area (Å²) in [4.78, 5) is 23.0. The van der Waals surface area contributed by atoms with Crippen molar-refractivity contribution in [2.75, 3.05) is 6.61 Å². The molecule has 1 N–H and O–H groups in total. The fourth-order valence-corrected chi connectivity index (χ4v) is 5.13. The highest BCUT2D eigenvalue weighted by molar-refractivity contribution is 5.78. The Balaban J connectivity index is 3.34. The molecule has 4 nitrogen and oxygen atoms in total. The van der Waals surface area contributed by atoms with Crippen molar-refractivity contribution in [3.05, 3.63) is 24.8 Å². The Hall–Kier alpha value is -1.58. The standard InChI is InChI=1S/C35H64O4/c1-3-5-6-7-8-9-10-11-12-13-14-15-16-17-18-19-20-21-22-23-24-25-26-27-28-29-30-33(35(37)38)32-34(36)39-31-4-2/h4,17-18,33H,2-3,5-16,19-32H2,1H3,(H,37,38)/b18-17+. The molecule has 0 fully saturated rings. The molecule has 0 saturated heterocycles. The lowest BCUT2D eigenvalue weighted by molar-refractivity contribution is -0.151. The van der Waals surface area contributed by atoms with Crippen molar-refractivity contribution >= 4 is 11.9 Å². The molecule has 0 rings (SSSR count). The minimum absolute atomic E-state index is 0.0432. The summed E-state index contributed by atoms with van der Waals surface area (Å²) in [5, 5.41) is 9.31. The van der Waals surface area contributed by atoms with Gasteiger partial charge in [-0.25, -0.2) is 0 Å². The highest BCUT2D eigenvalue weighted by atomic mass is 16.5. The average molecular weight is 549 g/mol. The Morgan fingerprint density at radius 1 is 0.641 bits per heavy atom. The van der Waals surface area contributed by atoms with Crippen LogP contribution in [0.5, 0.6) is 0 Å². The molecule has 0 aromatic rings. The van der Waals surface area contributed by atoms with Crippen LogP contribution in [0.2, 0.25) is 0 Å². The first-order valence-electron chi connectivity index (χ1n) is 16.8. The molecule has 4 heteroatoms. The van der Waals surface area contributed by atoms with E-state index in [-0.39, 0.29) is 13.0 Å². The second kappa shape index (κ2) is 31.0. The molecule has 0 saturated carbocycles. The Morgan fingerprint density at radius 3 is 1.41 bits per heavy atom. The van der Waals surface area contributed by atoms with Crippen molar-refractivity contribution < 1.29 is 19.4 Å². The van der Waals surface area contributed by atoms with E-state index in [9.17, 15) is 14.7 Å². The van der Waals surface area contributed by atoms with Gasteiger partial charge in [-0.15, -0.1) is 0 Å². The summed E-state index contributed by atoms with van der Waals surface area (Å²) in [7, 11) is 0. The monoisotopic (exact) mass is 548 g/mol. The summed E-state index contributed by atoms with van der Waals surface area (Å²) in [6.45, 7) is 5.92. The van der Waals surface area contributed by atoms with Crippen molar-refractivity contribution in [2.45, 2.75) is 174 Å². The lowest BCUT2D eigenvalue weighted by atomic mass is 9.97. The fraction of sp³-hybridized carbons (Fsp3) is 0.829. The third kappa shape index (κ3) is 29.2. The molecule has 0 aliphatic rings. The molecular formula is C35H64O4. The van der Waals surface area contributed by atoms with Crippen LogP contribution in [-0.2, 0) is 14.3 Å². The van der Waals surface area contributed by atoms with Crippen LogP contribution in [0.3, 0.4) is 0 Å². The van der Waals surface area contributed by atoms with E-state index in [1.807, 2.05) is 0 Å². The number of carbonyl (C=O) groups is 2. The zero-order chi connectivity index (χ0) is 28.7. The van der Waals surface area contributed by atoms with Crippen LogP contribution in [-0.4, -0.2) is 23.7 Å². The van der Waals surface area contributed by atoms with E-state index in [0.717, 1.165) is 19.3 Å². The minimum Gasteiger partial charge on any atom is -0.481 e. The van der Waals surface area contributed by atoms with E-state index >= 15 is 0 Å². The molecule has 39 heavy (non-hydrogen) atoms. The Kier molecular flexibility index (Phi) is 29.7. The van der Waals surface area contributed by atoms with Gasteiger partial charge >= 0.3 is 11.9 Å². The van der Waals surface area contributed by atoms with Gasteiger partial charge in [-0.05, 0) is 32.1 Å². The molecule has 1 unspecified atom stereocenters. The Labute approximate surface area is 242 Å². The molecule has 0 aromatic carbocycles. The van der Waals surface area contributed by atoms with Crippen LogP contribution in [0.25, 0.3) is 0 Å². The first-order chi connectivity index (χ1) is 19.1. The van der Waals surface area contributed by atoms with Gasteiger partial charge in [0.2, 0.25) is 0 Å². The van der Waals surface area contributed by atoms with Gasteiger partial charge in [-0.2, -0.15) is 0 Å². The number of carboxylic acids is 1. The van der Waals surface area contributed by atoms with Crippen molar-refractivity contribution in [1.29, 1.82) is 0 Å². The van der Waals surface area contributed by atoms with E-state index in [4.69, 9.17) is 4.74 Å². The second-order valence-electron chi connectivity index (χ2n) is 11.5. The average Bonchev–Trinajstić information content (AvgIpc) is 2.93. The predicted molar refractivity (Wildman–Crippen MR) is 167 cm³/mol. The van der Waals surface area contributed by atoms with Crippen LogP contribution in [0.1, 0.15) is 174 Å². The van der Waals surface area contributed by atoms with Crippen LogP contribution >= 0.6 is 0 Å². The molecule has 0 bridgehead atoms. The molecule has 228 valence electrons. The Morgan fingerprint density at radius 2 is 1.03 bits per heavy atom. The zero-order valence-corrected chi connectivity index (χ0v) is 25.8. The topological polar surface area (TPSA) is 63.6 Å². The quantitative estimate of drug-likeness (QED) is 0.0531. The van der Waals surface area contributed by atoms with Gasteiger partial charge in [0, 0.05) is 0 Å². The van der Waals surface area contributed by atoms with Gasteiger partial charge in [-0.3, -0.25) is 9.59 Å². The number of unbranched alkanes of at least 4 members (excludes halogenated alkanes) is 22. The van der Waals surface area contributed by atoms with E-state index < -0.39 is 17.9 Å². The summed E-state index contributed by atoms with van der Waals surface area (Å²) < 4.78 is 4.91. The smallest absolute Gasteiger partial charge is 0.307 e. The SMILES string of the molecule is C=CCOC(=O)CC(CCCCCCCCCCCC/C=C/CCCCCCCCCCCCCC)C(=O)O. The third-order valence-corrected chi connectivity index (χ3v) is 7.69. The van der Waals surface area contributed by atoms with Gasteiger partial charge in [0.25, 0.3) is 0 Å². The maximum atomic E-state index is 11.6. The number of hydrogen-bond acceptors (Lipinski definition) is 3. The molecule has 0 aliphatic carbocycles. The van der Waals surface area contributed by atoms with Crippen molar-refractivity contribution in [3.63, 3.8) is 0 Å². The summed E-state index contributed by atoms with van der Waals surface area (Å²) in [5.74, 6) is -1.99. The molecule has 0 spiro atoms. The van der Waals surface area contributed by atoms with Gasteiger partial charge < -0.3 is 9.84 Å². The van der Waals surface area contributed by atoms with Gasteiger partial charge in [0.1, 0.15) is 6.61 Å². The molecule has 0 amide bonds. The van der Waals surface area contributed by atoms with Crippen LogP contribution in [0, 0.1) is 5.92 Å². The lowest BCUT2D eigenvalue weighted by Gasteiger charge is -2.11. The number of allylic oxidation sites excluding steroid dienone is 2. The molecule has 1 atom stereocenters. The maximum absolute atomic E-state index is 11.6. The number of esters is 1. The molecular weight excluding hydrogens is 484 g/mol. The normalized spacial score (nSPS) is 12.1. The molecule has 0 aliphatic heterocycles. The largest absolute Gasteiger partial charge is 0.481 e. The third-order valence-electron chi connectivity index (χ3n) is 7.69. The number of rotatable bonds is 31. The van der Waals surface area contributed by atoms with Gasteiger partial charge in [-0.1, -0.05) is 160 Å². The zero-order valence-electron chi connectivity index (χ0n) is 25.8. The van der Waals surface area contributed by atoms with Crippen molar-refractivity contribution in [3.8, 4) is 0 Å². The van der Waals surface area contributed by atoms with E-state index in [0.29, 0.717) is 6.42 Å².